The van der Waals surface area contributed by atoms with Crippen molar-refractivity contribution in [1.29, 1.82) is 0 Å². The molecular formula is C19H37NO4. The zero-order valence-electron chi connectivity index (χ0n) is 15.4. The number of carboxylic acids is 1. The van der Waals surface area contributed by atoms with Crippen LogP contribution in [-0.4, -0.2) is 29.7 Å². The minimum absolute atomic E-state index is 0.0751. The van der Waals surface area contributed by atoms with Crippen molar-refractivity contribution >= 4 is 11.9 Å². The van der Waals surface area contributed by atoms with E-state index < -0.39 is 12.0 Å². The summed E-state index contributed by atoms with van der Waals surface area (Å²) in [5.74, 6) is -1.43. The predicted molar refractivity (Wildman–Crippen MR) is 96.9 cm³/mol. The summed E-state index contributed by atoms with van der Waals surface area (Å²) in [6.45, 7) is 2.68. The van der Waals surface area contributed by atoms with Crippen molar-refractivity contribution in [3.8, 4) is 0 Å². The van der Waals surface area contributed by atoms with Gasteiger partial charge in [-0.1, -0.05) is 77.6 Å². The number of hydrogen-bond acceptors (Lipinski definition) is 4. The van der Waals surface area contributed by atoms with Crippen LogP contribution in [0.5, 0.6) is 0 Å². The number of carbonyl (C=O) groups is 2. The molecule has 0 radical (unpaired) electrons. The molecule has 24 heavy (non-hydrogen) atoms. The minimum atomic E-state index is -1.08. The number of rotatable bonds is 17. The third-order valence-electron chi connectivity index (χ3n) is 4.24. The van der Waals surface area contributed by atoms with Crippen LogP contribution in [0.3, 0.4) is 0 Å². The van der Waals surface area contributed by atoms with E-state index >= 15 is 0 Å². The van der Waals surface area contributed by atoms with Crippen LogP contribution in [-0.2, 0) is 14.3 Å². The third kappa shape index (κ3) is 15.8. The van der Waals surface area contributed by atoms with Gasteiger partial charge in [0.05, 0.1) is 6.61 Å². The Hall–Kier alpha value is -1.10. The predicted octanol–water partition coefficient (Wildman–Crippen LogP) is 4.42. The zero-order chi connectivity index (χ0) is 18.0. The number of ether oxygens (including phenoxy) is 1. The van der Waals surface area contributed by atoms with Crippen molar-refractivity contribution in [2.45, 2.75) is 103 Å². The van der Waals surface area contributed by atoms with Gasteiger partial charge in [0.1, 0.15) is 6.04 Å². The second-order valence-electron chi connectivity index (χ2n) is 6.59. The van der Waals surface area contributed by atoms with E-state index in [9.17, 15) is 9.59 Å². The van der Waals surface area contributed by atoms with Gasteiger partial charge in [-0.3, -0.25) is 9.59 Å². The smallest absolute Gasteiger partial charge is 0.320 e. The van der Waals surface area contributed by atoms with Crippen molar-refractivity contribution in [1.82, 2.24) is 0 Å². The molecule has 1 unspecified atom stereocenters. The van der Waals surface area contributed by atoms with E-state index in [2.05, 4.69) is 6.92 Å². The molecule has 0 aliphatic rings. The summed E-state index contributed by atoms with van der Waals surface area (Å²) in [6.07, 6.45) is 15.5. The Morgan fingerprint density at radius 1 is 0.875 bits per heavy atom. The molecule has 0 rings (SSSR count). The molecule has 5 heteroatoms. The number of carboxylic acid groups (broad SMARTS) is 1. The lowest BCUT2D eigenvalue weighted by Crippen LogP contribution is -2.30. The number of hydrogen-bond donors (Lipinski definition) is 2. The average Bonchev–Trinajstić information content (AvgIpc) is 2.56. The maximum Gasteiger partial charge on any atom is 0.320 e. The van der Waals surface area contributed by atoms with Gasteiger partial charge in [-0.05, 0) is 12.8 Å². The lowest BCUT2D eigenvalue weighted by atomic mass is 10.1. The normalized spacial score (nSPS) is 12.1. The van der Waals surface area contributed by atoms with Crippen molar-refractivity contribution in [3.63, 3.8) is 0 Å². The van der Waals surface area contributed by atoms with Crippen LogP contribution in [0, 0.1) is 0 Å². The quantitative estimate of drug-likeness (QED) is 0.301. The minimum Gasteiger partial charge on any atom is -0.480 e. The molecular weight excluding hydrogens is 306 g/mol. The summed E-state index contributed by atoms with van der Waals surface area (Å²) in [5.41, 5.74) is 5.33. The van der Waals surface area contributed by atoms with Crippen molar-refractivity contribution in [2.75, 3.05) is 6.61 Å². The number of esters is 1. The summed E-state index contributed by atoms with van der Waals surface area (Å²) in [6, 6.07) is -0.982. The topological polar surface area (TPSA) is 89.6 Å². The first-order chi connectivity index (χ1) is 11.6. The van der Waals surface area contributed by atoms with Gasteiger partial charge in [0, 0.05) is 6.42 Å². The van der Waals surface area contributed by atoms with Crippen molar-refractivity contribution in [3.05, 3.63) is 0 Å². The van der Waals surface area contributed by atoms with Crippen LogP contribution in [0.2, 0.25) is 0 Å². The Bertz CT molecular complexity index is 320. The van der Waals surface area contributed by atoms with E-state index in [0.717, 1.165) is 12.8 Å². The third-order valence-corrected chi connectivity index (χ3v) is 4.24. The molecule has 0 aromatic carbocycles. The molecule has 0 saturated heterocycles. The van der Waals surface area contributed by atoms with Gasteiger partial charge in [-0.25, -0.2) is 0 Å². The van der Waals surface area contributed by atoms with Gasteiger partial charge in [0.25, 0.3) is 0 Å². The molecule has 0 bridgehead atoms. The van der Waals surface area contributed by atoms with Gasteiger partial charge in [-0.15, -0.1) is 0 Å². The molecule has 0 aliphatic carbocycles. The van der Waals surface area contributed by atoms with Gasteiger partial charge in [-0.2, -0.15) is 0 Å². The van der Waals surface area contributed by atoms with Crippen LogP contribution in [0.15, 0.2) is 0 Å². The van der Waals surface area contributed by atoms with E-state index in [-0.39, 0.29) is 18.8 Å². The summed E-state index contributed by atoms with van der Waals surface area (Å²) in [7, 11) is 0. The molecule has 142 valence electrons. The largest absolute Gasteiger partial charge is 0.480 e. The highest BCUT2D eigenvalue weighted by Crippen LogP contribution is 2.12. The fourth-order valence-electron chi connectivity index (χ4n) is 2.60. The maximum atomic E-state index is 11.4. The molecule has 5 nitrogen and oxygen atoms in total. The molecule has 0 saturated carbocycles. The Morgan fingerprint density at radius 2 is 1.33 bits per heavy atom. The van der Waals surface area contributed by atoms with Crippen LogP contribution >= 0.6 is 0 Å². The second-order valence-corrected chi connectivity index (χ2v) is 6.59. The van der Waals surface area contributed by atoms with Gasteiger partial charge >= 0.3 is 11.9 Å². The lowest BCUT2D eigenvalue weighted by Gasteiger charge is -2.07. The van der Waals surface area contributed by atoms with Gasteiger partial charge in [0.2, 0.25) is 0 Å². The maximum absolute atomic E-state index is 11.4. The zero-order valence-corrected chi connectivity index (χ0v) is 15.4. The van der Waals surface area contributed by atoms with Crippen LogP contribution in [0.25, 0.3) is 0 Å². The highest BCUT2D eigenvalue weighted by molar-refractivity contribution is 5.75. The average molecular weight is 344 g/mol. The van der Waals surface area contributed by atoms with E-state index in [4.69, 9.17) is 15.6 Å². The van der Waals surface area contributed by atoms with E-state index in [1.54, 1.807) is 0 Å². The first-order valence-electron chi connectivity index (χ1n) is 9.72. The Morgan fingerprint density at radius 3 is 1.79 bits per heavy atom. The van der Waals surface area contributed by atoms with Crippen molar-refractivity contribution in [2.24, 2.45) is 5.73 Å². The van der Waals surface area contributed by atoms with E-state index in [0.29, 0.717) is 6.61 Å². The summed E-state index contributed by atoms with van der Waals surface area (Å²) >= 11 is 0. The standard InChI is InChI=1S/C19H37NO4/c1-2-3-4-5-6-7-8-9-10-11-12-13-16-24-18(21)15-14-17(20)19(22)23/h17H,2-16,20H2,1H3,(H,22,23). The Labute approximate surface area is 147 Å². The van der Waals surface area contributed by atoms with Crippen LogP contribution < -0.4 is 5.73 Å². The van der Waals surface area contributed by atoms with Crippen molar-refractivity contribution < 1.29 is 19.4 Å². The fraction of sp³-hybridized carbons (Fsp3) is 0.895. The Balaban J connectivity index is 3.22. The number of aliphatic carboxylic acids is 1. The van der Waals surface area contributed by atoms with Gasteiger partial charge in [0.15, 0.2) is 0 Å². The lowest BCUT2D eigenvalue weighted by molar-refractivity contribution is -0.144. The molecule has 0 aliphatic heterocycles. The number of carbonyl (C=O) groups excluding carboxylic acids is 1. The molecule has 0 spiro atoms. The first kappa shape index (κ1) is 22.9. The second kappa shape index (κ2) is 16.7. The highest BCUT2D eigenvalue weighted by atomic mass is 16.5. The molecule has 0 aromatic rings. The molecule has 0 heterocycles. The summed E-state index contributed by atoms with van der Waals surface area (Å²) in [4.78, 5) is 21.9. The SMILES string of the molecule is CCCCCCCCCCCCCCOC(=O)CCC(N)C(=O)O. The van der Waals surface area contributed by atoms with Crippen LogP contribution in [0.1, 0.15) is 96.8 Å². The fourth-order valence-corrected chi connectivity index (χ4v) is 2.60. The van der Waals surface area contributed by atoms with E-state index in [1.807, 2.05) is 0 Å². The van der Waals surface area contributed by atoms with Gasteiger partial charge < -0.3 is 15.6 Å². The molecule has 1 atom stereocenters. The number of nitrogens with two attached hydrogens (primary N) is 1. The molecule has 0 amide bonds. The summed E-state index contributed by atoms with van der Waals surface area (Å²) in [5, 5.41) is 8.62. The number of unbranched alkanes of at least 4 members (excludes halogenated alkanes) is 11. The first-order valence-corrected chi connectivity index (χ1v) is 9.72. The summed E-state index contributed by atoms with van der Waals surface area (Å²) < 4.78 is 5.08. The monoisotopic (exact) mass is 343 g/mol. The van der Waals surface area contributed by atoms with E-state index in [1.165, 1.54) is 64.2 Å². The van der Waals surface area contributed by atoms with Crippen LogP contribution in [0.4, 0.5) is 0 Å². The molecule has 0 fully saturated rings. The molecule has 3 N–H and O–H groups in total. The Kier molecular flexibility index (Phi) is 16.0. The highest BCUT2D eigenvalue weighted by Gasteiger charge is 2.13. The molecule has 0 aromatic heterocycles.